The molecule has 2 N–H and O–H groups in total. The Labute approximate surface area is 136 Å². The van der Waals surface area contributed by atoms with Gasteiger partial charge in [-0.3, -0.25) is 0 Å². The van der Waals surface area contributed by atoms with Crippen LogP contribution >= 0.6 is 11.8 Å². The fourth-order valence-corrected chi connectivity index (χ4v) is 2.49. The topological polar surface area (TPSA) is 52.6 Å². The smallest absolute Gasteiger partial charge is 0.321 e. The maximum atomic E-state index is 13.8. The number of rotatable bonds is 6. The summed E-state index contributed by atoms with van der Waals surface area (Å²) in [5.41, 5.74) is 0.379. The molecule has 2 amide bonds. The van der Waals surface area contributed by atoms with Crippen LogP contribution in [0.2, 0.25) is 0 Å². The highest BCUT2D eigenvalue weighted by Gasteiger charge is 2.21. The Balaban J connectivity index is 2.79. The van der Waals surface area contributed by atoms with Crippen molar-refractivity contribution in [2.24, 2.45) is 5.41 Å². The van der Waals surface area contributed by atoms with Gasteiger partial charge in [0.25, 0.3) is 0 Å². The molecule has 0 spiro atoms. The number of urea groups is 1. The highest BCUT2D eigenvalue weighted by Crippen LogP contribution is 2.23. The van der Waals surface area contributed by atoms with Gasteiger partial charge >= 0.3 is 6.03 Å². The van der Waals surface area contributed by atoms with E-state index in [0.717, 1.165) is 0 Å². The number of halogens is 1. The zero-order valence-electron chi connectivity index (χ0n) is 13.6. The molecule has 6 heteroatoms. The molecule has 0 saturated heterocycles. The first-order valence-electron chi connectivity index (χ1n) is 7.27. The van der Waals surface area contributed by atoms with Crippen molar-refractivity contribution in [2.75, 3.05) is 31.3 Å². The zero-order valence-corrected chi connectivity index (χ0v) is 14.5. The molecule has 0 aliphatic heterocycles. The standard InChI is InChI=1S/C16H25FN2O2S/c1-16(2,3)11-19(8-5-9-20)15(21)18-12-6-7-14(22-4)13(17)10-12/h6-7,10,20H,5,8-9,11H2,1-4H3,(H,18,21). The predicted octanol–water partition coefficient (Wildman–Crippen LogP) is 3.81. The first-order valence-corrected chi connectivity index (χ1v) is 8.49. The predicted molar refractivity (Wildman–Crippen MR) is 89.9 cm³/mol. The first kappa shape index (κ1) is 18.8. The quantitative estimate of drug-likeness (QED) is 0.781. The zero-order chi connectivity index (χ0) is 16.8. The highest BCUT2D eigenvalue weighted by molar-refractivity contribution is 7.98. The van der Waals surface area contributed by atoms with E-state index in [1.165, 1.54) is 17.8 Å². The van der Waals surface area contributed by atoms with Crippen LogP contribution in [0.4, 0.5) is 14.9 Å². The lowest BCUT2D eigenvalue weighted by Crippen LogP contribution is -2.41. The Kier molecular flexibility index (Phi) is 7.16. The van der Waals surface area contributed by atoms with Crippen LogP contribution < -0.4 is 5.32 Å². The van der Waals surface area contributed by atoms with Gasteiger partial charge in [0.05, 0.1) is 0 Å². The van der Waals surface area contributed by atoms with E-state index in [1.54, 1.807) is 23.3 Å². The Bertz CT molecular complexity index is 503. The third kappa shape index (κ3) is 6.23. The van der Waals surface area contributed by atoms with Crippen molar-refractivity contribution in [3.63, 3.8) is 0 Å². The number of carbonyl (C=O) groups is 1. The van der Waals surface area contributed by atoms with Gasteiger partial charge in [0.1, 0.15) is 5.82 Å². The minimum atomic E-state index is -0.344. The summed E-state index contributed by atoms with van der Waals surface area (Å²) >= 11 is 1.32. The monoisotopic (exact) mass is 328 g/mol. The Morgan fingerprint density at radius 2 is 2.09 bits per heavy atom. The molecule has 0 radical (unpaired) electrons. The number of hydrogen-bond acceptors (Lipinski definition) is 3. The summed E-state index contributed by atoms with van der Waals surface area (Å²) < 4.78 is 13.8. The van der Waals surface area contributed by atoms with Gasteiger partial charge in [0.15, 0.2) is 0 Å². The van der Waals surface area contributed by atoms with E-state index >= 15 is 0 Å². The van der Waals surface area contributed by atoms with E-state index in [1.807, 2.05) is 20.8 Å². The van der Waals surface area contributed by atoms with Gasteiger partial charge in [0, 0.05) is 30.3 Å². The Morgan fingerprint density at radius 3 is 2.59 bits per heavy atom. The van der Waals surface area contributed by atoms with Gasteiger partial charge < -0.3 is 15.3 Å². The molecule has 4 nitrogen and oxygen atoms in total. The van der Waals surface area contributed by atoms with Crippen molar-refractivity contribution >= 4 is 23.5 Å². The average molecular weight is 328 g/mol. The van der Waals surface area contributed by atoms with Crippen LogP contribution in [0.3, 0.4) is 0 Å². The number of nitrogens with one attached hydrogen (secondary N) is 1. The molecule has 124 valence electrons. The maximum absolute atomic E-state index is 13.8. The summed E-state index contributed by atoms with van der Waals surface area (Å²) in [6.45, 7) is 7.18. The second kappa shape index (κ2) is 8.39. The SMILES string of the molecule is CSc1ccc(NC(=O)N(CCCO)CC(C)(C)C)cc1F. The third-order valence-corrected chi connectivity index (χ3v) is 3.71. The number of nitrogens with zero attached hydrogens (tertiary/aromatic N) is 1. The van der Waals surface area contributed by atoms with Gasteiger partial charge in [-0.1, -0.05) is 20.8 Å². The Hall–Kier alpha value is -1.27. The van der Waals surface area contributed by atoms with Gasteiger partial charge in [-0.05, 0) is 36.3 Å². The van der Waals surface area contributed by atoms with E-state index < -0.39 is 0 Å². The van der Waals surface area contributed by atoms with Crippen molar-refractivity contribution in [3.05, 3.63) is 24.0 Å². The first-order chi connectivity index (χ1) is 10.3. The van der Waals surface area contributed by atoms with Crippen LogP contribution in [-0.4, -0.2) is 42.0 Å². The van der Waals surface area contributed by atoms with Crippen LogP contribution in [0.1, 0.15) is 27.2 Å². The highest BCUT2D eigenvalue weighted by atomic mass is 32.2. The van der Waals surface area contributed by atoms with Crippen molar-refractivity contribution in [1.29, 1.82) is 0 Å². The molecule has 0 bridgehead atoms. The number of thioether (sulfide) groups is 1. The number of benzene rings is 1. The number of anilines is 1. The van der Waals surface area contributed by atoms with Crippen LogP contribution in [0.15, 0.2) is 23.1 Å². The second-order valence-corrected chi connectivity index (χ2v) is 7.19. The molecular weight excluding hydrogens is 303 g/mol. The minimum Gasteiger partial charge on any atom is -0.396 e. The molecule has 1 aromatic carbocycles. The lowest BCUT2D eigenvalue weighted by atomic mass is 9.96. The van der Waals surface area contributed by atoms with Crippen LogP contribution in [-0.2, 0) is 0 Å². The van der Waals surface area contributed by atoms with E-state index in [4.69, 9.17) is 5.11 Å². The largest absolute Gasteiger partial charge is 0.396 e. The van der Waals surface area contributed by atoms with Gasteiger partial charge in [-0.15, -0.1) is 11.8 Å². The maximum Gasteiger partial charge on any atom is 0.321 e. The second-order valence-electron chi connectivity index (χ2n) is 6.34. The van der Waals surface area contributed by atoms with E-state index in [0.29, 0.717) is 30.1 Å². The van der Waals surface area contributed by atoms with Crippen LogP contribution in [0.5, 0.6) is 0 Å². The normalized spacial score (nSPS) is 11.4. The van der Waals surface area contributed by atoms with E-state index in [9.17, 15) is 9.18 Å². The lowest BCUT2D eigenvalue weighted by molar-refractivity contribution is 0.176. The molecule has 0 aliphatic rings. The molecular formula is C16H25FN2O2S. The van der Waals surface area contributed by atoms with Crippen molar-refractivity contribution in [3.8, 4) is 0 Å². The summed E-state index contributed by atoms with van der Waals surface area (Å²) in [7, 11) is 0. The molecule has 0 unspecified atom stereocenters. The average Bonchev–Trinajstić information content (AvgIpc) is 2.42. The Morgan fingerprint density at radius 1 is 1.41 bits per heavy atom. The molecule has 1 rings (SSSR count). The number of carbonyl (C=O) groups excluding carboxylic acids is 1. The van der Waals surface area contributed by atoms with Gasteiger partial charge in [-0.2, -0.15) is 0 Å². The third-order valence-electron chi connectivity index (χ3n) is 2.94. The van der Waals surface area contributed by atoms with E-state index in [-0.39, 0.29) is 23.9 Å². The molecule has 0 saturated carbocycles. The van der Waals surface area contributed by atoms with Gasteiger partial charge in [-0.25, -0.2) is 9.18 Å². The molecule has 0 aliphatic carbocycles. The summed E-state index contributed by atoms with van der Waals surface area (Å²) in [6, 6.07) is 4.39. The summed E-state index contributed by atoms with van der Waals surface area (Å²) in [4.78, 5) is 14.6. The fraction of sp³-hybridized carbons (Fsp3) is 0.562. The number of aliphatic hydroxyl groups excluding tert-OH is 1. The summed E-state index contributed by atoms with van der Waals surface area (Å²) in [5.74, 6) is -0.344. The molecule has 22 heavy (non-hydrogen) atoms. The molecule has 0 aromatic heterocycles. The number of amides is 2. The van der Waals surface area contributed by atoms with Crippen molar-refractivity contribution in [2.45, 2.75) is 32.1 Å². The molecule has 1 aromatic rings. The van der Waals surface area contributed by atoms with Gasteiger partial charge in [0.2, 0.25) is 0 Å². The minimum absolute atomic E-state index is 0.0327. The lowest BCUT2D eigenvalue weighted by Gasteiger charge is -2.30. The number of aliphatic hydroxyl groups is 1. The molecule has 0 atom stereocenters. The van der Waals surface area contributed by atoms with Crippen LogP contribution in [0.25, 0.3) is 0 Å². The van der Waals surface area contributed by atoms with Crippen molar-refractivity contribution < 1.29 is 14.3 Å². The fourth-order valence-electron chi connectivity index (χ4n) is 2.03. The van der Waals surface area contributed by atoms with Crippen LogP contribution in [0, 0.1) is 11.2 Å². The van der Waals surface area contributed by atoms with E-state index in [2.05, 4.69) is 5.32 Å². The van der Waals surface area contributed by atoms with Crippen molar-refractivity contribution in [1.82, 2.24) is 4.90 Å². The molecule has 0 heterocycles. The summed E-state index contributed by atoms with van der Waals surface area (Å²) in [6.07, 6.45) is 2.32. The number of hydrogen-bond donors (Lipinski definition) is 2. The molecule has 0 fully saturated rings. The summed E-state index contributed by atoms with van der Waals surface area (Å²) in [5, 5.41) is 11.7.